The van der Waals surface area contributed by atoms with Gasteiger partial charge in [-0.05, 0) is 126 Å². The van der Waals surface area contributed by atoms with Crippen LogP contribution in [0.1, 0.15) is 0 Å². The fourth-order valence-corrected chi connectivity index (χ4v) is 9.38. The van der Waals surface area contributed by atoms with Gasteiger partial charge in [-0.1, -0.05) is 170 Å². The van der Waals surface area contributed by atoms with Crippen LogP contribution in [0.4, 0.5) is 17.1 Å². The van der Waals surface area contributed by atoms with E-state index in [9.17, 15) is 0 Å². The first-order chi connectivity index (χ1) is 29.7. The van der Waals surface area contributed by atoms with Gasteiger partial charge in [0.1, 0.15) is 11.2 Å². The van der Waals surface area contributed by atoms with E-state index >= 15 is 0 Å². The Labute approximate surface area is 347 Å². The summed E-state index contributed by atoms with van der Waals surface area (Å²) in [6, 6.07) is 81.2. The SMILES string of the molecule is c1ccc2c(c1)cc(-c1ccc(N(c3ccc(-c4cc5ccccc5c5ccccc45)cc3)c3ccc(-c4cccc5c4oc4ccccc45)cc3)cc1)c1ccccc12. The van der Waals surface area contributed by atoms with Crippen molar-refractivity contribution < 1.29 is 4.42 Å². The van der Waals surface area contributed by atoms with E-state index in [2.05, 4.69) is 217 Å². The summed E-state index contributed by atoms with van der Waals surface area (Å²) in [7, 11) is 0. The molecule has 2 nitrogen and oxygen atoms in total. The molecule has 0 atom stereocenters. The summed E-state index contributed by atoms with van der Waals surface area (Å²) in [6.45, 7) is 0. The van der Waals surface area contributed by atoms with Crippen molar-refractivity contribution in [2.45, 2.75) is 0 Å². The predicted octanol–water partition coefficient (Wildman–Crippen LogP) is 16.7. The number of hydrogen-bond acceptors (Lipinski definition) is 2. The van der Waals surface area contributed by atoms with Crippen LogP contribution in [0, 0.1) is 0 Å². The fourth-order valence-electron chi connectivity index (χ4n) is 9.38. The average molecular weight is 764 g/mol. The fraction of sp³-hybridized carbons (Fsp3) is 0. The van der Waals surface area contributed by atoms with Gasteiger partial charge in [-0.15, -0.1) is 0 Å². The van der Waals surface area contributed by atoms with Crippen molar-refractivity contribution in [1.82, 2.24) is 0 Å². The summed E-state index contributed by atoms with van der Waals surface area (Å²) in [4.78, 5) is 2.36. The highest BCUT2D eigenvalue weighted by atomic mass is 16.3. The molecule has 2 heteroatoms. The number of para-hydroxylation sites is 2. The Kier molecular flexibility index (Phi) is 7.89. The second-order valence-corrected chi connectivity index (χ2v) is 15.6. The van der Waals surface area contributed by atoms with Crippen molar-refractivity contribution in [2.75, 3.05) is 4.90 Å². The van der Waals surface area contributed by atoms with Crippen molar-refractivity contribution in [3.8, 4) is 33.4 Å². The zero-order valence-corrected chi connectivity index (χ0v) is 32.7. The van der Waals surface area contributed by atoms with Crippen LogP contribution in [-0.2, 0) is 0 Å². The van der Waals surface area contributed by atoms with Crippen LogP contribution >= 0.6 is 0 Å². The smallest absolute Gasteiger partial charge is 0.143 e. The Morgan fingerprint density at radius 1 is 0.267 bits per heavy atom. The molecule has 0 unspecified atom stereocenters. The minimum Gasteiger partial charge on any atom is -0.455 e. The van der Waals surface area contributed by atoms with Crippen molar-refractivity contribution in [2.24, 2.45) is 0 Å². The lowest BCUT2D eigenvalue weighted by atomic mass is 9.93. The van der Waals surface area contributed by atoms with Gasteiger partial charge in [0.2, 0.25) is 0 Å². The molecule has 12 rings (SSSR count). The molecule has 11 aromatic carbocycles. The normalized spacial score (nSPS) is 11.7. The average Bonchev–Trinajstić information content (AvgIpc) is 3.71. The number of furan rings is 1. The van der Waals surface area contributed by atoms with E-state index in [1.54, 1.807) is 0 Å². The highest BCUT2D eigenvalue weighted by molar-refractivity contribution is 6.15. The van der Waals surface area contributed by atoms with Gasteiger partial charge in [0.05, 0.1) is 0 Å². The number of nitrogens with zero attached hydrogens (tertiary/aromatic N) is 1. The van der Waals surface area contributed by atoms with E-state index in [-0.39, 0.29) is 0 Å². The topological polar surface area (TPSA) is 16.4 Å². The summed E-state index contributed by atoms with van der Waals surface area (Å²) < 4.78 is 6.44. The van der Waals surface area contributed by atoms with E-state index in [1.807, 2.05) is 12.1 Å². The van der Waals surface area contributed by atoms with Gasteiger partial charge in [0.25, 0.3) is 0 Å². The molecule has 0 bridgehead atoms. The Morgan fingerprint density at radius 2 is 0.650 bits per heavy atom. The molecule has 0 aliphatic rings. The highest BCUT2D eigenvalue weighted by Gasteiger charge is 2.17. The highest BCUT2D eigenvalue weighted by Crippen LogP contribution is 2.42. The Morgan fingerprint density at radius 3 is 1.15 bits per heavy atom. The van der Waals surface area contributed by atoms with Gasteiger partial charge in [-0.3, -0.25) is 0 Å². The van der Waals surface area contributed by atoms with Gasteiger partial charge < -0.3 is 9.32 Å². The lowest BCUT2D eigenvalue weighted by Crippen LogP contribution is -2.09. The molecule has 12 aromatic rings. The minimum atomic E-state index is 0.906. The van der Waals surface area contributed by atoms with Gasteiger partial charge in [0, 0.05) is 33.4 Å². The van der Waals surface area contributed by atoms with Crippen LogP contribution in [0.25, 0.3) is 98.4 Å². The molecule has 0 saturated heterocycles. The molecular formula is C58H37NO. The molecule has 0 aliphatic heterocycles. The molecule has 280 valence electrons. The lowest BCUT2D eigenvalue weighted by molar-refractivity contribution is 0.670. The Bertz CT molecular complexity index is 3420. The molecular weight excluding hydrogens is 727 g/mol. The zero-order valence-electron chi connectivity index (χ0n) is 32.7. The minimum absolute atomic E-state index is 0.906. The summed E-state index contributed by atoms with van der Waals surface area (Å²) >= 11 is 0. The molecule has 0 radical (unpaired) electrons. The van der Waals surface area contributed by atoms with Crippen molar-refractivity contribution in [1.29, 1.82) is 0 Å². The molecule has 60 heavy (non-hydrogen) atoms. The Hall–Kier alpha value is -7.94. The summed E-state index contributed by atoms with van der Waals surface area (Å²) in [5.41, 5.74) is 12.1. The van der Waals surface area contributed by atoms with Crippen LogP contribution in [0.15, 0.2) is 229 Å². The molecule has 0 amide bonds. The number of rotatable bonds is 6. The molecule has 0 aliphatic carbocycles. The molecule has 1 aromatic heterocycles. The van der Waals surface area contributed by atoms with Crippen LogP contribution in [-0.4, -0.2) is 0 Å². The predicted molar refractivity (Wildman–Crippen MR) is 255 cm³/mol. The third-order valence-electron chi connectivity index (χ3n) is 12.2. The standard InChI is InChI=1S/C58H37NO/c1-3-14-46-41(12-1)36-55(51-18-7-5-16-49(46)51)39-26-32-44(33-27-39)59(43-30-24-38(25-31-43)48-21-11-22-54-53-20-9-10-23-57(53)60-58(48)54)45-34-28-40(29-35-45)56-37-42-13-2-4-15-47(42)50-17-6-8-19-52(50)56/h1-37H. The summed E-state index contributed by atoms with van der Waals surface area (Å²) in [5.74, 6) is 0. The first-order valence-corrected chi connectivity index (χ1v) is 20.6. The van der Waals surface area contributed by atoms with E-state index in [1.165, 1.54) is 65.3 Å². The summed E-state index contributed by atoms with van der Waals surface area (Å²) in [6.07, 6.45) is 0. The van der Waals surface area contributed by atoms with E-state index in [4.69, 9.17) is 4.42 Å². The third-order valence-corrected chi connectivity index (χ3v) is 12.2. The van der Waals surface area contributed by atoms with Gasteiger partial charge in [-0.25, -0.2) is 0 Å². The maximum absolute atomic E-state index is 6.44. The molecule has 0 spiro atoms. The van der Waals surface area contributed by atoms with E-state index < -0.39 is 0 Å². The third kappa shape index (κ3) is 5.57. The van der Waals surface area contributed by atoms with Gasteiger partial charge in [-0.2, -0.15) is 0 Å². The second-order valence-electron chi connectivity index (χ2n) is 15.6. The van der Waals surface area contributed by atoms with Crippen LogP contribution in [0.3, 0.4) is 0 Å². The van der Waals surface area contributed by atoms with Gasteiger partial charge in [0.15, 0.2) is 0 Å². The van der Waals surface area contributed by atoms with Crippen molar-refractivity contribution >= 4 is 82.1 Å². The molecule has 0 N–H and O–H groups in total. The van der Waals surface area contributed by atoms with E-state index in [0.717, 1.165) is 50.1 Å². The molecule has 0 fully saturated rings. The molecule has 1 heterocycles. The van der Waals surface area contributed by atoms with Crippen LogP contribution < -0.4 is 4.90 Å². The second kappa shape index (κ2) is 13.9. The monoisotopic (exact) mass is 763 g/mol. The van der Waals surface area contributed by atoms with Crippen molar-refractivity contribution in [3.05, 3.63) is 224 Å². The van der Waals surface area contributed by atoms with Gasteiger partial charge >= 0.3 is 0 Å². The number of fused-ring (bicyclic) bond motifs is 9. The van der Waals surface area contributed by atoms with E-state index in [0.29, 0.717) is 0 Å². The lowest BCUT2D eigenvalue weighted by Gasteiger charge is -2.26. The van der Waals surface area contributed by atoms with Crippen LogP contribution in [0.5, 0.6) is 0 Å². The van der Waals surface area contributed by atoms with Crippen molar-refractivity contribution in [3.63, 3.8) is 0 Å². The molecule has 0 saturated carbocycles. The summed E-state index contributed by atoms with van der Waals surface area (Å²) in [5, 5.41) is 12.4. The first kappa shape index (κ1) is 34.1. The quantitative estimate of drug-likeness (QED) is 0.157. The van der Waals surface area contributed by atoms with Crippen LogP contribution in [0.2, 0.25) is 0 Å². The maximum Gasteiger partial charge on any atom is 0.143 e. The Balaban J connectivity index is 0.975. The first-order valence-electron chi connectivity index (χ1n) is 20.6. The number of benzene rings is 11. The zero-order chi connectivity index (χ0) is 39.6. The number of hydrogen-bond donors (Lipinski definition) is 0. The largest absolute Gasteiger partial charge is 0.455 e. The maximum atomic E-state index is 6.44. The number of anilines is 3.